The third-order valence-electron chi connectivity index (χ3n) is 4.94. The fourth-order valence-corrected chi connectivity index (χ4v) is 3.51. The van der Waals surface area contributed by atoms with Crippen LogP contribution in [0.25, 0.3) is 0 Å². The Bertz CT molecular complexity index is 902. The van der Waals surface area contributed by atoms with Crippen molar-refractivity contribution >= 4 is 23.0 Å². The smallest absolute Gasteiger partial charge is 0.270 e. The Kier molecular flexibility index (Phi) is 4.00. The number of amides is 1. The molecule has 0 aliphatic carbocycles. The Morgan fingerprint density at radius 3 is 2.50 bits per heavy atom. The normalized spacial score (nSPS) is 18.5. The van der Waals surface area contributed by atoms with Gasteiger partial charge in [-0.1, -0.05) is 30.3 Å². The number of carbonyl (C=O) groups is 1. The topological polar surface area (TPSA) is 96.6 Å². The lowest BCUT2D eigenvalue weighted by molar-refractivity contribution is -0.384. The highest BCUT2D eigenvalue weighted by atomic mass is 16.6. The van der Waals surface area contributed by atoms with Gasteiger partial charge in [-0.15, -0.1) is 0 Å². The number of hydrogen-bond donors (Lipinski definition) is 2. The predicted molar refractivity (Wildman–Crippen MR) is 98.6 cm³/mol. The van der Waals surface area contributed by atoms with Crippen molar-refractivity contribution in [3.05, 3.63) is 69.8 Å². The van der Waals surface area contributed by atoms with E-state index in [9.17, 15) is 14.9 Å². The molecule has 132 valence electrons. The van der Waals surface area contributed by atoms with Gasteiger partial charge in [-0.05, 0) is 32.0 Å². The number of benzene rings is 2. The summed E-state index contributed by atoms with van der Waals surface area (Å²) in [5.41, 5.74) is 1.70. The molecule has 0 bridgehead atoms. The Morgan fingerprint density at radius 1 is 1.08 bits per heavy atom. The van der Waals surface area contributed by atoms with Crippen LogP contribution in [-0.2, 0) is 4.79 Å². The number of piperidine rings is 1. The number of nitrogens with one attached hydrogen (secondary N) is 2. The molecule has 1 spiro atoms. The first-order chi connectivity index (χ1) is 12.6. The second kappa shape index (κ2) is 6.34. The van der Waals surface area contributed by atoms with Crippen molar-refractivity contribution in [1.82, 2.24) is 5.32 Å². The third kappa shape index (κ3) is 2.76. The van der Waals surface area contributed by atoms with Gasteiger partial charge in [0.05, 0.1) is 16.3 Å². The van der Waals surface area contributed by atoms with E-state index in [-0.39, 0.29) is 11.6 Å². The van der Waals surface area contributed by atoms with Crippen molar-refractivity contribution < 1.29 is 9.72 Å². The third-order valence-corrected chi connectivity index (χ3v) is 4.94. The monoisotopic (exact) mass is 350 g/mol. The summed E-state index contributed by atoms with van der Waals surface area (Å²) in [6, 6.07) is 14.0. The number of carbonyl (C=O) groups excluding carboxylic acids is 1. The van der Waals surface area contributed by atoms with E-state index in [1.807, 2.05) is 30.3 Å². The molecule has 2 N–H and O–H groups in total. The van der Waals surface area contributed by atoms with Crippen LogP contribution in [0.15, 0.2) is 53.5 Å². The maximum atomic E-state index is 13.0. The van der Waals surface area contributed by atoms with Gasteiger partial charge in [0.1, 0.15) is 5.54 Å². The second-order valence-electron chi connectivity index (χ2n) is 6.55. The van der Waals surface area contributed by atoms with E-state index in [4.69, 9.17) is 4.99 Å². The molecule has 1 saturated heterocycles. The van der Waals surface area contributed by atoms with Gasteiger partial charge < -0.3 is 10.6 Å². The van der Waals surface area contributed by atoms with E-state index in [2.05, 4.69) is 10.6 Å². The molecule has 0 unspecified atom stereocenters. The summed E-state index contributed by atoms with van der Waals surface area (Å²) in [5, 5.41) is 17.4. The van der Waals surface area contributed by atoms with E-state index in [0.29, 0.717) is 42.9 Å². The zero-order valence-corrected chi connectivity index (χ0v) is 14.1. The van der Waals surface area contributed by atoms with Crippen LogP contribution in [-0.4, -0.2) is 35.2 Å². The lowest BCUT2D eigenvalue weighted by Gasteiger charge is -2.32. The number of non-ortho nitro benzene ring substituents is 1. The first-order valence-electron chi connectivity index (χ1n) is 8.55. The summed E-state index contributed by atoms with van der Waals surface area (Å²) < 4.78 is 0. The Labute approximate surface area is 150 Å². The largest absolute Gasteiger partial charge is 0.323 e. The average molecular weight is 350 g/mol. The van der Waals surface area contributed by atoms with Gasteiger partial charge in [0.25, 0.3) is 11.6 Å². The number of nitrogens with zero attached hydrogens (tertiary/aromatic N) is 2. The van der Waals surface area contributed by atoms with Gasteiger partial charge in [-0.3, -0.25) is 19.9 Å². The van der Waals surface area contributed by atoms with Crippen LogP contribution in [0.4, 0.5) is 11.4 Å². The van der Waals surface area contributed by atoms with Crippen LogP contribution in [0, 0.1) is 10.1 Å². The highest BCUT2D eigenvalue weighted by molar-refractivity contribution is 6.20. The molecule has 1 amide bonds. The fourth-order valence-electron chi connectivity index (χ4n) is 3.51. The van der Waals surface area contributed by atoms with Crippen molar-refractivity contribution in [3.8, 4) is 0 Å². The quantitative estimate of drug-likeness (QED) is 0.642. The molecule has 0 aromatic heterocycles. The molecule has 2 aromatic rings. The number of anilines is 1. The zero-order valence-electron chi connectivity index (χ0n) is 14.1. The molecule has 0 radical (unpaired) electrons. The molecular weight excluding hydrogens is 332 g/mol. The van der Waals surface area contributed by atoms with E-state index >= 15 is 0 Å². The molecule has 2 aliphatic rings. The number of nitro groups is 1. The van der Waals surface area contributed by atoms with Gasteiger partial charge in [-0.25, -0.2) is 0 Å². The van der Waals surface area contributed by atoms with Gasteiger partial charge >= 0.3 is 0 Å². The van der Waals surface area contributed by atoms with Crippen LogP contribution in [0.2, 0.25) is 0 Å². The molecule has 7 heteroatoms. The maximum absolute atomic E-state index is 13.0. The molecular formula is C19H18N4O3. The van der Waals surface area contributed by atoms with Gasteiger partial charge in [0.2, 0.25) is 0 Å². The maximum Gasteiger partial charge on any atom is 0.270 e. The molecule has 2 heterocycles. The molecule has 2 aliphatic heterocycles. The standard InChI is InChI=1S/C19H18N4O3/c24-18-19(8-10-20-11-9-19)22-17(13-4-2-1-3-5-13)15-12-14(23(25)26)6-7-16(15)21-18/h1-7,12,20H,8-11H2,(H,21,24). The predicted octanol–water partition coefficient (Wildman–Crippen LogP) is 2.51. The molecule has 7 nitrogen and oxygen atoms in total. The van der Waals surface area contributed by atoms with Crippen molar-refractivity contribution in [2.24, 2.45) is 4.99 Å². The molecule has 1 fully saturated rings. The number of hydrogen-bond acceptors (Lipinski definition) is 5. The number of aliphatic imine (C=N–C) groups is 1. The van der Waals surface area contributed by atoms with Gasteiger partial charge in [-0.2, -0.15) is 0 Å². The summed E-state index contributed by atoms with van der Waals surface area (Å²) in [5.74, 6) is -0.153. The molecule has 2 aromatic carbocycles. The average Bonchev–Trinajstić information content (AvgIpc) is 2.78. The van der Waals surface area contributed by atoms with Crippen LogP contribution in [0.5, 0.6) is 0 Å². The lowest BCUT2D eigenvalue weighted by atomic mass is 9.87. The summed E-state index contributed by atoms with van der Waals surface area (Å²) >= 11 is 0. The lowest BCUT2D eigenvalue weighted by Crippen LogP contribution is -2.49. The molecule has 0 saturated carbocycles. The minimum absolute atomic E-state index is 0.0251. The fraction of sp³-hybridized carbons (Fsp3) is 0.263. The highest BCUT2D eigenvalue weighted by Gasteiger charge is 2.42. The van der Waals surface area contributed by atoms with E-state index in [0.717, 1.165) is 5.56 Å². The Hall–Kier alpha value is -3.06. The van der Waals surface area contributed by atoms with E-state index < -0.39 is 10.5 Å². The van der Waals surface area contributed by atoms with Crippen LogP contribution < -0.4 is 10.6 Å². The Morgan fingerprint density at radius 2 is 1.81 bits per heavy atom. The SMILES string of the molecule is O=C1Nc2ccc([N+](=O)[O-])cc2C(c2ccccc2)=NC12CCNCC2. The van der Waals surface area contributed by atoms with E-state index in [1.165, 1.54) is 12.1 Å². The van der Waals surface area contributed by atoms with Crippen LogP contribution in [0.3, 0.4) is 0 Å². The zero-order chi connectivity index (χ0) is 18.1. The summed E-state index contributed by atoms with van der Waals surface area (Å²) in [4.78, 5) is 28.7. The van der Waals surface area contributed by atoms with Gasteiger partial charge in [0.15, 0.2) is 0 Å². The van der Waals surface area contributed by atoms with Crippen molar-refractivity contribution in [2.75, 3.05) is 18.4 Å². The van der Waals surface area contributed by atoms with Crippen molar-refractivity contribution in [2.45, 2.75) is 18.4 Å². The number of nitro benzene ring substituents is 1. The number of rotatable bonds is 2. The van der Waals surface area contributed by atoms with Crippen molar-refractivity contribution in [1.29, 1.82) is 0 Å². The minimum Gasteiger partial charge on any atom is -0.323 e. The first kappa shape index (κ1) is 16.4. The number of fused-ring (bicyclic) bond motifs is 1. The molecule has 0 atom stereocenters. The Balaban J connectivity index is 1.95. The second-order valence-corrected chi connectivity index (χ2v) is 6.55. The first-order valence-corrected chi connectivity index (χ1v) is 8.55. The summed E-state index contributed by atoms with van der Waals surface area (Å²) in [6.07, 6.45) is 1.18. The van der Waals surface area contributed by atoms with Crippen LogP contribution in [0.1, 0.15) is 24.0 Å². The van der Waals surface area contributed by atoms with Crippen molar-refractivity contribution in [3.63, 3.8) is 0 Å². The minimum atomic E-state index is -0.857. The van der Waals surface area contributed by atoms with E-state index in [1.54, 1.807) is 6.07 Å². The van der Waals surface area contributed by atoms with Gasteiger partial charge in [0, 0.05) is 23.3 Å². The highest BCUT2D eigenvalue weighted by Crippen LogP contribution is 2.34. The summed E-state index contributed by atoms with van der Waals surface area (Å²) in [7, 11) is 0. The molecule has 26 heavy (non-hydrogen) atoms. The van der Waals surface area contributed by atoms with Crippen LogP contribution >= 0.6 is 0 Å². The molecule has 4 rings (SSSR count). The summed E-state index contributed by atoms with van der Waals surface area (Å²) in [6.45, 7) is 1.41.